The van der Waals surface area contributed by atoms with Crippen molar-refractivity contribution in [1.29, 1.82) is 0 Å². The minimum atomic E-state index is -0.490. The Labute approximate surface area is 113 Å². The van der Waals surface area contributed by atoms with Gasteiger partial charge in [-0.3, -0.25) is 0 Å². The fraction of sp³-hybridized carbons (Fsp3) is 0.600. The summed E-state index contributed by atoms with van der Waals surface area (Å²) < 4.78 is 11.0. The number of aliphatic hydroxyl groups is 1. The normalized spacial score (nSPS) is 19.8. The molecule has 1 aromatic rings. The van der Waals surface area contributed by atoms with Crippen molar-refractivity contribution in [2.24, 2.45) is 5.92 Å². The second-order valence-electron chi connectivity index (χ2n) is 5.37. The molecule has 0 aromatic heterocycles. The maximum absolute atomic E-state index is 10.2. The molecule has 1 aliphatic carbocycles. The highest BCUT2D eigenvalue weighted by atomic mass is 16.6. The van der Waals surface area contributed by atoms with E-state index in [1.54, 1.807) is 0 Å². The Morgan fingerprint density at radius 1 is 1.21 bits per heavy atom. The van der Waals surface area contributed by atoms with E-state index >= 15 is 0 Å². The van der Waals surface area contributed by atoms with E-state index in [1.165, 1.54) is 19.3 Å². The average molecular weight is 263 g/mol. The predicted octanol–water partition coefficient (Wildman–Crippen LogP) is 1.88. The van der Waals surface area contributed by atoms with Crippen LogP contribution in [0.2, 0.25) is 0 Å². The smallest absolute Gasteiger partial charge is 0.161 e. The summed E-state index contributed by atoms with van der Waals surface area (Å²) >= 11 is 0. The van der Waals surface area contributed by atoms with Crippen molar-refractivity contribution < 1.29 is 14.6 Å². The van der Waals surface area contributed by atoms with Gasteiger partial charge in [0.1, 0.15) is 13.2 Å². The number of fused-ring (bicyclic) bond motifs is 1. The highest BCUT2D eigenvalue weighted by Crippen LogP contribution is 2.32. The van der Waals surface area contributed by atoms with E-state index in [1.807, 2.05) is 18.2 Å². The molecule has 1 atom stereocenters. The number of ether oxygens (including phenoxy) is 2. The molecule has 1 unspecified atom stereocenters. The van der Waals surface area contributed by atoms with Crippen LogP contribution in [0.3, 0.4) is 0 Å². The first-order valence-corrected chi connectivity index (χ1v) is 7.11. The van der Waals surface area contributed by atoms with Crippen molar-refractivity contribution in [2.45, 2.75) is 25.4 Å². The molecule has 19 heavy (non-hydrogen) atoms. The van der Waals surface area contributed by atoms with Crippen LogP contribution in [0.15, 0.2) is 18.2 Å². The highest BCUT2D eigenvalue weighted by Gasteiger charge is 2.18. The van der Waals surface area contributed by atoms with Gasteiger partial charge < -0.3 is 19.9 Å². The van der Waals surface area contributed by atoms with Crippen LogP contribution in [0, 0.1) is 5.92 Å². The topological polar surface area (TPSA) is 50.7 Å². The van der Waals surface area contributed by atoms with Crippen LogP contribution < -0.4 is 14.8 Å². The number of aliphatic hydroxyl groups excluding tert-OH is 1. The number of rotatable bonds is 5. The number of hydrogen-bond donors (Lipinski definition) is 2. The van der Waals surface area contributed by atoms with Crippen molar-refractivity contribution in [3.05, 3.63) is 23.8 Å². The van der Waals surface area contributed by atoms with E-state index in [9.17, 15) is 5.11 Å². The highest BCUT2D eigenvalue weighted by molar-refractivity contribution is 5.44. The summed E-state index contributed by atoms with van der Waals surface area (Å²) in [5, 5.41) is 13.5. The van der Waals surface area contributed by atoms with Gasteiger partial charge in [0, 0.05) is 6.54 Å². The molecule has 0 amide bonds. The van der Waals surface area contributed by atoms with Crippen LogP contribution in [-0.4, -0.2) is 31.4 Å². The van der Waals surface area contributed by atoms with Crippen LogP contribution in [0.1, 0.15) is 30.9 Å². The molecule has 0 spiro atoms. The molecule has 2 aliphatic rings. The fourth-order valence-electron chi connectivity index (χ4n) is 2.51. The van der Waals surface area contributed by atoms with Crippen molar-refractivity contribution in [3.63, 3.8) is 0 Å². The summed E-state index contributed by atoms with van der Waals surface area (Å²) in [6, 6.07) is 5.66. The van der Waals surface area contributed by atoms with Gasteiger partial charge in [-0.15, -0.1) is 0 Å². The summed E-state index contributed by atoms with van der Waals surface area (Å²) in [4.78, 5) is 0. The second-order valence-corrected chi connectivity index (χ2v) is 5.37. The Hall–Kier alpha value is -1.26. The second kappa shape index (κ2) is 5.80. The lowest BCUT2D eigenvalue weighted by molar-refractivity contribution is 0.160. The molecule has 2 N–H and O–H groups in total. The first kappa shape index (κ1) is 12.8. The van der Waals surface area contributed by atoms with Crippen LogP contribution >= 0.6 is 0 Å². The van der Waals surface area contributed by atoms with Gasteiger partial charge in [-0.2, -0.15) is 0 Å². The lowest BCUT2D eigenvalue weighted by Gasteiger charge is -2.26. The minimum Gasteiger partial charge on any atom is -0.486 e. The standard InChI is InChI=1S/C15H21NO3/c17-13(10-16-9-11-2-1-3-11)12-4-5-14-15(8-12)19-7-6-18-14/h4-5,8,11,13,16-17H,1-3,6-7,9-10H2. The molecule has 0 saturated heterocycles. The zero-order valence-electron chi connectivity index (χ0n) is 11.1. The Morgan fingerprint density at radius 3 is 2.74 bits per heavy atom. The lowest BCUT2D eigenvalue weighted by atomic mass is 9.85. The summed E-state index contributed by atoms with van der Waals surface area (Å²) in [6.45, 7) is 2.78. The van der Waals surface area contributed by atoms with Crippen LogP contribution in [0.4, 0.5) is 0 Å². The van der Waals surface area contributed by atoms with Gasteiger partial charge in [-0.1, -0.05) is 12.5 Å². The number of nitrogens with one attached hydrogen (secondary N) is 1. The Kier molecular flexibility index (Phi) is 3.89. The Bertz CT molecular complexity index is 431. The van der Waals surface area contributed by atoms with Crippen molar-refractivity contribution in [3.8, 4) is 11.5 Å². The van der Waals surface area contributed by atoms with Gasteiger partial charge in [0.2, 0.25) is 0 Å². The molecule has 1 aromatic carbocycles. The Balaban J connectivity index is 1.54. The molecule has 104 valence electrons. The van der Waals surface area contributed by atoms with Crippen molar-refractivity contribution in [1.82, 2.24) is 5.32 Å². The van der Waals surface area contributed by atoms with Gasteiger partial charge in [-0.25, -0.2) is 0 Å². The molecule has 1 saturated carbocycles. The van der Waals surface area contributed by atoms with Gasteiger partial charge >= 0.3 is 0 Å². The average Bonchev–Trinajstić information content (AvgIpc) is 2.40. The van der Waals surface area contributed by atoms with Crippen LogP contribution in [0.25, 0.3) is 0 Å². The molecule has 4 nitrogen and oxygen atoms in total. The molecule has 0 radical (unpaired) electrons. The SMILES string of the molecule is OC(CNCC1CCC1)c1ccc2c(c1)OCCO2. The van der Waals surface area contributed by atoms with Gasteiger partial charge in [0.25, 0.3) is 0 Å². The van der Waals surface area contributed by atoms with Gasteiger partial charge in [-0.05, 0) is 43.0 Å². The molecule has 1 aliphatic heterocycles. The molecular weight excluding hydrogens is 242 g/mol. The molecule has 0 bridgehead atoms. The van der Waals surface area contributed by atoms with E-state index < -0.39 is 6.10 Å². The molecule has 1 heterocycles. The fourth-order valence-corrected chi connectivity index (χ4v) is 2.51. The third-order valence-corrected chi connectivity index (χ3v) is 3.95. The van der Waals surface area contributed by atoms with Crippen LogP contribution in [-0.2, 0) is 0 Å². The third-order valence-electron chi connectivity index (χ3n) is 3.95. The number of benzene rings is 1. The van der Waals surface area contributed by atoms with E-state index in [0.717, 1.165) is 29.5 Å². The van der Waals surface area contributed by atoms with Crippen molar-refractivity contribution in [2.75, 3.05) is 26.3 Å². The zero-order chi connectivity index (χ0) is 13.1. The largest absolute Gasteiger partial charge is 0.486 e. The maximum Gasteiger partial charge on any atom is 0.161 e. The molecule has 3 rings (SSSR count). The van der Waals surface area contributed by atoms with E-state index in [0.29, 0.717) is 19.8 Å². The summed E-state index contributed by atoms with van der Waals surface area (Å²) in [7, 11) is 0. The monoisotopic (exact) mass is 263 g/mol. The quantitative estimate of drug-likeness (QED) is 0.851. The van der Waals surface area contributed by atoms with Gasteiger partial charge in [0.05, 0.1) is 6.10 Å². The minimum absolute atomic E-state index is 0.490. The summed E-state index contributed by atoms with van der Waals surface area (Å²) in [5.74, 6) is 2.32. The summed E-state index contributed by atoms with van der Waals surface area (Å²) in [5.41, 5.74) is 0.880. The maximum atomic E-state index is 10.2. The first-order chi connectivity index (χ1) is 9.33. The molecular formula is C15H21NO3. The third kappa shape index (κ3) is 3.01. The summed E-state index contributed by atoms with van der Waals surface area (Å²) in [6.07, 6.45) is 3.52. The molecule has 1 fully saturated rings. The Morgan fingerprint density at radius 2 is 2.00 bits per heavy atom. The first-order valence-electron chi connectivity index (χ1n) is 7.11. The van der Waals surface area contributed by atoms with Crippen LogP contribution in [0.5, 0.6) is 11.5 Å². The number of hydrogen-bond acceptors (Lipinski definition) is 4. The lowest BCUT2D eigenvalue weighted by Crippen LogP contribution is -2.30. The predicted molar refractivity (Wildman–Crippen MR) is 72.6 cm³/mol. The van der Waals surface area contributed by atoms with E-state index in [-0.39, 0.29) is 0 Å². The zero-order valence-corrected chi connectivity index (χ0v) is 11.1. The van der Waals surface area contributed by atoms with E-state index in [4.69, 9.17) is 9.47 Å². The molecule has 4 heteroatoms. The van der Waals surface area contributed by atoms with E-state index in [2.05, 4.69) is 5.32 Å². The van der Waals surface area contributed by atoms with Crippen molar-refractivity contribution >= 4 is 0 Å². The van der Waals surface area contributed by atoms with Gasteiger partial charge in [0.15, 0.2) is 11.5 Å².